The van der Waals surface area contributed by atoms with E-state index in [4.69, 9.17) is 5.73 Å². The van der Waals surface area contributed by atoms with E-state index in [9.17, 15) is 9.59 Å². The third kappa shape index (κ3) is 2.56. The first-order valence-corrected chi connectivity index (χ1v) is 7.18. The summed E-state index contributed by atoms with van der Waals surface area (Å²) in [5, 5.41) is 3.78. The Balaban J connectivity index is 1.94. The maximum absolute atomic E-state index is 12.4. The third-order valence-electron chi connectivity index (χ3n) is 4.30. The molecule has 1 atom stereocenters. The van der Waals surface area contributed by atoms with Gasteiger partial charge in [-0.3, -0.25) is 9.59 Å². The van der Waals surface area contributed by atoms with Gasteiger partial charge >= 0.3 is 0 Å². The van der Waals surface area contributed by atoms with E-state index in [1.54, 1.807) is 6.07 Å². The monoisotopic (exact) mass is 285 g/mol. The zero-order chi connectivity index (χ0) is 15.0. The average molecular weight is 285 g/mol. The van der Waals surface area contributed by atoms with Gasteiger partial charge < -0.3 is 16.0 Å². The Kier molecular flexibility index (Phi) is 3.29. The van der Waals surface area contributed by atoms with Crippen molar-refractivity contribution in [3.63, 3.8) is 0 Å². The van der Waals surface area contributed by atoms with Gasteiger partial charge in [0.25, 0.3) is 11.5 Å². The van der Waals surface area contributed by atoms with Gasteiger partial charge in [0.2, 0.25) is 0 Å². The van der Waals surface area contributed by atoms with Gasteiger partial charge in [-0.15, -0.1) is 0 Å². The highest BCUT2D eigenvalue weighted by Crippen LogP contribution is 2.39. The standard InChI is InChI=1S/C16H19N3O2/c1-16(9-17,11-6-7-11)19-15(21)12-8-10-4-2-3-5-13(10)18-14(12)20/h2-5,8,11H,6-7,9,17H2,1H3,(H,18,20)(H,19,21). The van der Waals surface area contributed by atoms with Gasteiger partial charge in [0.1, 0.15) is 5.56 Å². The molecule has 1 fully saturated rings. The minimum absolute atomic E-state index is 0.133. The minimum Gasteiger partial charge on any atom is -0.345 e. The maximum atomic E-state index is 12.4. The molecule has 0 bridgehead atoms. The predicted octanol–water partition coefficient (Wildman–Crippen LogP) is 1.39. The number of fused-ring (bicyclic) bond motifs is 1. The van der Waals surface area contributed by atoms with Crippen LogP contribution < -0.4 is 16.6 Å². The number of amides is 1. The molecule has 0 saturated heterocycles. The highest BCUT2D eigenvalue weighted by Gasteiger charge is 2.41. The largest absolute Gasteiger partial charge is 0.345 e. The molecule has 5 heteroatoms. The molecule has 1 aliphatic rings. The Hall–Kier alpha value is -2.14. The van der Waals surface area contributed by atoms with Crippen molar-refractivity contribution in [3.05, 3.63) is 46.2 Å². The van der Waals surface area contributed by atoms with Crippen LogP contribution in [0, 0.1) is 5.92 Å². The van der Waals surface area contributed by atoms with E-state index in [0.717, 1.165) is 23.7 Å². The first kappa shape index (κ1) is 13.8. The lowest BCUT2D eigenvalue weighted by molar-refractivity contribution is 0.0896. The maximum Gasteiger partial charge on any atom is 0.261 e. The molecule has 1 heterocycles. The predicted molar refractivity (Wildman–Crippen MR) is 82.2 cm³/mol. The number of carbonyl (C=O) groups excluding carboxylic acids is 1. The molecular weight excluding hydrogens is 266 g/mol. The van der Waals surface area contributed by atoms with E-state index < -0.39 is 5.54 Å². The molecule has 5 nitrogen and oxygen atoms in total. The SMILES string of the molecule is CC(CN)(NC(=O)c1cc2ccccc2[nH]c1=O)C1CC1. The molecule has 0 radical (unpaired) electrons. The summed E-state index contributed by atoms with van der Waals surface area (Å²) in [7, 11) is 0. The fraction of sp³-hybridized carbons (Fsp3) is 0.375. The molecule has 4 N–H and O–H groups in total. The number of rotatable bonds is 4. The lowest BCUT2D eigenvalue weighted by Crippen LogP contribution is -2.53. The average Bonchev–Trinajstić information content (AvgIpc) is 3.31. The number of hydrogen-bond acceptors (Lipinski definition) is 3. The summed E-state index contributed by atoms with van der Waals surface area (Å²) in [6.45, 7) is 2.31. The van der Waals surface area contributed by atoms with Crippen LogP contribution in [0.15, 0.2) is 35.1 Å². The highest BCUT2D eigenvalue weighted by molar-refractivity contribution is 5.97. The molecule has 1 aromatic carbocycles. The third-order valence-corrected chi connectivity index (χ3v) is 4.30. The van der Waals surface area contributed by atoms with Crippen molar-refractivity contribution in [2.24, 2.45) is 11.7 Å². The summed E-state index contributed by atoms with van der Waals surface area (Å²) >= 11 is 0. The number of carbonyl (C=O) groups is 1. The van der Waals surface area contributed by atoms with Crippen LogP contribution >= 0.6 is 0 Å². The summed E-state index contributed by atoms with van der Waals surface area (Å²) in [6, 6.07) is 9.03. The number of H-pyrrole nitrogens is 1. The normalized spacial score (nSPS) is 17.4. The van der Waals surface area contributed by atoms with Crippen LogP contribution in [0.4, 0.5) is 0 Å². The molecule has 1 aromatic heterocycles. The molecule has 3 rings (SSSR count). The van der Waals surface area contributed by atoms with Crippen LogP contribution in [0.2, 0.25) is 0 Å². The molecule has 0 spiro atoms. The van der Waals surface area contributed by atoms with E-state index in [2.05, 4.69) is 10.3 Å². The molecule has 1 amide bonds. The number of nitrogens with two attached hydrogens (primary N) is 1. The molecule has 0 aliphatic heterocycles. The zero-order valence-electron chi connectivity index (χ0n) is 12.0. The number of para-hydroxylation sites is 1. The second kappa shape index (κ2) is 5.00. The van der Waals surface area contributed by atoms with E-state index >= 15 is 0 Å². The van der Waals surface area contributed by atoms with Gasteiger partial charge in [0, 0.05) is 12.1 Å². The van der Waals surface area contributed by atoms with Gasteiger partial charge in [0.05, 0.1) is 5.54 Å². The Morgan fingerprint density at radius 3 is 2.81 bits per heavy atom. The lowest BCUT2D eigenvalue weighted by atomic mass is 9.95. The molecule has 2 aromatic rings. The molecule has 21 heavy (non-hydrogen) atoms. The first-order valence-electron chi connectivity index (χ1n) is 7.18. The first-order chi connectivity index (χ1) is 10.0. The van der Waals surface area contributed by atoms with Crippen molar-refractivity contribution >= 4 is 16.8 Å². The summed E-state index contributed by atoms with van der Waals surface area (Å²) in [4.78, 5) is 27.3. The van der Waals surface area contributed by atoms with Crippen molar-refractivity contribution < 1.29 is 4.79 Å². The van der Waals surface area contributed by atoms with E-state index in [1.807, 2.05) is 31.2 Å². The van der Waals surface area contributed by atoms with Crippen LogP contribution in [0.5, 0.6) is 0 Å². The molecule has 110 valence electrons. The van der Waals surface area contributed by atoms with Crippen molar-refractivity contribution in [1.82, 2.24) is 10.3 Å². The number of aromatic amines is 1. The Labute approximate surface area is 122 Å². The quantitative estimate of drug-likeness (QED) is 0.793. The smallest absolute Gasteiger partial charge is 0.261 e. The second-order valence-corrected chi connectivity index (χ2v) is 5.95. The highest BCUT2D eigenvalue weighted by atomic mass is 16.2. The topological polar surface area (TPSA) is 88.0 Å². The van der Waals surface area contributed by atoms with E-state index in [-0.39, 0.29) is 17.0 Å². The van der Waals surface area contributed by atoms with Crippen molar-refractivity contribution in [2.45, 2.75) is 25.3 Å². The van der Waals surface area contributed by atoms with E-state index in [0.29, 0.717) is 12.5 Å². The zero-order valence-corrected chi connectivity index (χ0v) is 12.0. The number of benzene rings is 1. The van der Waals surface area contributed by atoms with Gasteiger partial charge in [0.15, 0.2) is 0 Å². The summed E-state index contributed by atoms with van der Waals surface area (Å²) in [6.07, 6.45) is 2.14. The van der Waals surface area contributed by atoms with Crippen LogP contribution in [0.1, 0.15) is 30.1 Å². The second-order valence-electron chi connectivity index (χ2n) is 5.95. The van der Waals surface area contributed by atoms with Gasteiger partial charge in [-0.05, 0) is 43.2 Å². The van der Waals surface area contributed by atoms with Gasteiger partial charge in [-0.25, -0.2) is 0 Å². The minimum atomic E-state index is -0.435. The molecular formula is C16H19N3O2. The van der Waals surface area contributed by atoms with Crippen LogP contribution in [-0.4, -0.2) is 23.0 Å². The van der Waals surface area contributed by atoms with Gasteiger partial charge in [-0.2, -0.15) is 0 Å². The van der Waals surface area contributed by atoms with E-state index in [1.165, 1.54) is 0 Å². The van der Waals surface area contributed by atoms with Crippen LogP contribution in [0.25, 0.3) is 10.9 Å². The summed E-state index contributed by atoms with van der Waals surface area (Å²) in [5.41, 5.74) is 5.85. The van der Waals surface area contributed by atoms with Crippen LogP contribution in [0.3, 0.4) is 0 Å². The lowest BCUT2D eigenvalue weighted by Gasteiger charge is -2.29. The number of aromatic nitrogens is 1. The van der Waals surface area contributed by atoms with Crippen molar-refractivity contribution in [1.29, 1.82) is 0 Å². The van der Waals surface area contributed by atoms with Crippen molar-refractivity contribution in [2.75, 3.05) is 6.54 Å². The van der Waals surface area contributed by atoms with Crippen LogP contribution in [-0.2, 0) is 0 Å². The Morgan fingerprint density at radius 1 is 1.43 bits per heavy atom. The number of hydrogen-bond donors (Lipinski definition) is 3. The Morgan fingerprint density at radius 2 is 2.14 bits per heavy atom. The summed E-state index contributed by atoms with van der Waals surface area (Å²) < 4.78 is 0. The molecule has 1 unspecified atom stereocenters. The Bertz CT molecular complexity index is 749. The fourth-order valence-electron chi connectivity index (χ4n) is 2.68. The van der Waals surface area contributed by atoms with Gasteiger partial charge in [-0.1, -0.05) is 18.2 Å². The molecule has 1 aliphatic carbocycles. The number of nitrogens with one attached hydrogen (secondary N) is 2. The number of pyridine rings is 1. The molecule has 1 saturated carbocycles. The van der Waals surface area contributed by atoms with Crippen molar-refractivity contribution in [3.8, 4) is 0 Å². The summed E-state index contributed by atoms with van der Waals surface area (Å²) in [5.74, 6) is 0.0489. The fourth-order valence-corrected chi connectivity index (χ4v) is 2.68.